The van der Waals surface area contributed by atoms with Crippen molar-refractivity contribution in [2.75, 3.05) is 0 Å². The van der Waals surface area contributed by atoms with E-state index in [1.165, 1.54) is 6.07 Å². The topological polar surface area (TPSA) is 13.1 Å². The van der Waals surface area contributed by atoms with Crippen LogP contribution in [0.15, 0.2) is 15.0 Å². The van der Waals surface area contributed by atoms with Gasteiger partial charge >= 0.3 is 0 Å². The van der Waals surface area contributed by atoms with Crippen LogP contribution in [0.25, 0.3) is 0 Å². The van der Waals surface area contributed by atoms with Crippen LogP contribution in [0.3, 0.4) is 0 Å². The third kappa shape index (κ3) is 0.825. The molecule has 1 aromatic rings. The Morgan fingerprint density at radius 1 is 1.86 bits per heavy atom. The molecule has 0 spiro atoms. The molecule has 0 aromatic carbocycles. The molecule has 0 unspecified atom stereocenters. The van der Waals surface area contributed by atoms with Gasteiger partial charge in [-0.25, -0.2) is 0 Å². The van der Waals surface area contributed by atoms with Crippen molar-refractivity contribution in [1.29, 1.82) is 0 Å². The highest BCUT2D eigenvalue weighted by Gasteiger charge is 1.97. The second-order valence-electron chi connectivity index (χ2n) is 0.986. The number of hydrogen-bond donors (Lipinski definition) is 0. The quantitative estimate of drug-likeness (QED) is 0.571. The summed E-state index contributed by atoms with van der Waals surface area (Å²) < 4.78 is 16.3. The third-order valence-electron chi connectivity index (χ3n) is 0.522. The summed E-state index contributed by atoms with van der Waals surface area (Å²) in [5, 5.41) is 0. The van der Waals surface area contributed by atoms with Crippen LogP contribution in [0, 0.1) is 12.3 Å². The molecule has 0 atom stereocenters. The largest absolute Gasteiger partial charge is 0.427 e. The Hall–Kier alpha value is -0.310. The summed E-state index contributed by atoms with van der Waals surface area (Å²) >= 11 is 2.87. The molecule has 0 saturated heterocycles. The van der Waals surface area contributed by atoms with Gasteiger partial charge in [0, 0.05) is 6.07 Å². The van der Waals surface area contributed by atoms with Gasteiger partial charge in [0.25, 0.3) is 6.01 Å². The summed E-state index contributed by atoms with van der Waals surface area (Å²) in [5.74, 6) is 0. The summed E-state index contributed by atoms with van der Waals surface area (Å²) in [6.45, 7) is 0. The van der Waals surface area contributed by atoms with E-state index >= 15 is 0 Å². The Kier molecular flexibility index (Phi) is 1.15. The van der Waals surface area contributed by atoms with Crippen molar-refractivity contribution in [1.82, 2.24) is 0 Å². The lowest BCUT2D eigenvalue weighted by Crippen LogP contribution is -1.57. The van der Waals surface area contributed by atoms with E-state index in [9.17, 15) is 4.39 Å². The van der Waals surface area contributed by atoms with Gasteiger partial charge in [-0.05, 0) is 15.9 Å². The molecule has 1 nitrogen and oxygen atoms in total. The fourth-order valence-electron chi connectivity index (χ4n) is 0.238. The SMILES string of the molecule is Fc1o[c]cc1Br. The Bertz CT molecular complexity index is 144. The lowest BCUT2D eigenvalue weighted by molar-refractivity contribution is 0.351. The number of rotatable bonds is 0. The zero-order valence-corrected chi connectivity index (χ0v) is 4.83. The lowest BCUT2D eigenvalue weighted by atomic mass is 10.7. The van der Waals surface area contributed by atoms with Crippen molar-refractivity contribution in [3.8, 4) is 0 Å². The van der Waals surface area contributed by atoms with E-state index in [1.54, 1.807) is 0 Å². The second kappa shape index (κ2) is 1.66. The molecule has 0 N–H and O–H groups in total. The number of furan rings is 1. The summed E-state index contributed by atoms with van der Waals surface area (Å²) in [4.78, 5) is 0. The summed E-state index contributed by atoms with van der Waals surface area (Å²) in [5.41, 5.74) is 0. The average molecular weight is 164 g/mol. The molecule has 0 aliphatic heterocycles. The second-order valence-corrected chi connectivity index (χ2v) is 1.84. The van der Waals surface area contributed by atoms with Crippen molar-refractivity contribution in [3.05, 3.63) is 22.8 Å². The molecule has 1 heterocycles. The van der Waals surface area contributed by atoms with Gasteiger partial charge in [0.2, 0.25) is 0 Å². The normalized spacial score (nSPS) is 9.43. The van der Waals surface area contributed by atoms with Gasteiger partial charge in [0.1, 0.15) is 0 Å². The molecule has 3 heteroatoms. The van der Waals surface area contributed by atoms with Crippen molar-refractivity contribution < 1.29 is 8.81 Å². The van der Waals surface area contributed by atoms with Crippen molar-refractivity contribution in [2.24, 2.45) is 0 Å². The first-order valence-corrected chi connectivity index (χ1v) is 2.41. The third-order valence-corrected chi connectivity index (χ3v) is 1.06. The smallest absolute Gasteiger partial charge is 0.292 e. The van der Waals surface area contributed by atoms with E-state index in [0.717, 1.165) is 0 Å². The predicted octanol–water partition coefficient (Wildman–Crippen LogP) is 1.98. The van der Waals surface area contributed by atoms with Crippen LogP contribution < -0.4 is 0 Å². The summed E-state index contributed by atoms with van der Waals surface area (Å²) in [6, 6.07) is 0.745. The molecular formula is C4HBrFO. The Morgan fingerprint density at radius 3 is 2.71 bits per heavy atom. The van der Waals surface area contributed by atoms with Gasteiger partial charge < -0.3 is 4.42 Å². The molecular weight excluding hydrogens is 163 g/mol. The minimum atomic E-state index is -0.625. The number of hydrogen-bond acceptors (Lipinski definition) is 1. The van der Waals surface area contributed by atoms with Crippen molar-refractivity contribution >= 4 is 15.9 Å². The minimum Gasteiger partial charge on any atom is -0.427 e. The van der Waals surface area contributed by atoms with Crippen LogP contribution in [0.4, 0.5) is 4.39 Å². The van der Waals surface area contributed by atoms with E-state index in [4.69, 9.17) is 0 Å². The Labute approximate surface area is 48.3 Å². The molecule has 0 aliphatic rings. The molecule has 0 amide bonds. The van der Waals surface area contributed by atoms with E-state index in [0.29, 0.717) is 4.47 Å². The van der Waals surface area contributed by atoms with Gasteiger partial charge in [0.15, 0.2) is 6.26 Å². The average Bonchev–Trinajstić information content (AvgIpc) is 1.91. The maximum atomic E-state index is 11.8. The zero-order chi connectivity index (χ0) is 5.28. The van der Waals surface area contributed by atoms with E-state index in [2.05, 4.69) is 26.6 Å². The number of halogens is 2. The molecule has 0 aliphatic carbocycles. The fraction of sp³-hybridized carbons (Fsp3) is 0. The van der Waals surface area contributed by atoms with Crippen LogP contribution in [-0.4, -0.2) is 0 Å². The summed E-state index contributed by atoms with van der Waals surface area (Å²) in [6.07, 6.45) is 2.20. The highest BCUT2D eigenvalue weighted by Crippen LogP contribution is 2.13. The molecule has 0 bridgehead atoms. The first kappa shape index (κ1) is 4.84. The Morgan fingerprint density at radius 2 is 2.57 bits per heavy atom. The molecule has 1 aromatic heterocycles. The predicted molar refractivity (Wildman–Crippen MR) is 25.2 cm³/mol. The van der Waals surface area contributed by atoms with E-state index < -0.39 is 6.01 Å². The van der Waals surface area contributed by atoms with Crippen LogP contribution in [0.1, 0.15) is 0 Å². The molecule has 37 valence electrons. The lowest BCUT2D eigenvalue weighted by Gasteiger charge is -1.71. The van der Waals surface area contributed by atoms with Crippen LogP contribution in [0.2, 0.25) is 0 Å². The molecule has 1 radical (unpaired) electrons. The fourth-order valence-corrected chi connectivity index (χ4v) is 0.413. The van der Waals surface area contributed by atoms with Crippen molar-refractivity contribution in [3.63, 3.8) is 0 Å². The highest BCUT2D eigenvalue weighted by molar-refractivity contribution is 9.10. The van der Waals surface area contributed by atoms with Gasteiger partial charge in [0.05, 0.1) is 4.47 Å². The molecule has 1 rings (SSSR count). The highest BCUT2D eigenvalue weighted by atomic mass is 79.9. The van der Waals surface area contributed by atoms with Gasteiger partial charge in [-0.2, -0.15) is 4.39 Å². The molecule has 7 heavy (non-hydrogen) atoms. The van der Waals surface area contributed by atoms with Crippen molar-refractivity contribution in [2.45, 2.75) is 0 Å². The van der Waals surface area contributed by atoms with Gasteiger partial charge in [-0.1, -0.05) is 0 Å². The first-order valence-electron chi connectivity index (χ1n) is 1.61. The minimum absolute atomic E-state index is 0.313. The molecule has 0 saturated carbocycles. The molecule has 0 fully saturated rings. The zero-order valence-electron chi connectivity index (χ0n) is 3.24. The van der Waals surface area contributed by atoms with Gasteiger partial charge in [-0.3, -0.25) is 0 Å². The maximum absolute atomic E-state index is 11.8. The van der Waals surface area contributed by atoms with Crippen LogP contribution >= 0.6 is 15.9 Å². The van der Waals surface area contributed by atoms with Crippen LogP contribution in [0.5, 0.6) is 0 Å². The Balaban J connectivity index is 3.12. The van der Waals surface area contributed by atoms with E-state index in [1.807, 2.05) is 0 Å². The first-order chi connectivity index (χ1) is 3.30. The van der Waals surface area contributed by atoms with Crippen LogP contribution in [-0.2, 0) is 0 Å². The van der Waals surface area contributed by atoms with Gasteiger partial charge in [-0.15, -0.1) is 0 Å². The maximum Gasteiger partial charge on any atom is 0.292 e. The van der Waals surface area contributed by atoms with E-state index in [-0.39, 0.29) is 0 Å². The monoisotopic (exact) mass is 163 g/mol. The summed E-state index contributed by atoms with van der Waals surface area (Å²) in [7, 11) is 0. The standard InChI is InChI=1S/C4HBrFO/c5-3-1-2-7-4(3)6/h1H.